The molecule has 0 bridgehead atoms. The largest absolute Gasteiger partial charge is 0.446 e. The van der Waals surface area contributed by atoms with E-state index in [0.717, 1.165) is 11.8 Å². The smallest absolute Gasteiger partial charge is 0.367 e. The molecule has 0 aliphatic carbocycles. The molecule has 5 unspecified atom stereocenters. The minimum Gasteiger partial charge on any atom is -0.446 e. The Kier molecular flexibility index (Phi) is 4.96. The number of rotatable bonds is 2. The van der Waals surface area contributed by atoms with Crippen molar-refractivity contribution in [3.63, 3.8) is 0 Å². The molecule has 0 aromatic carbocycles. The molecule has 1 aliphatic rings. The summed E-state index contributed by atoms with van der Waals surface area (Å²) in [5.41, 5.74) is 0. The quantitative estimate of drug-likeness (QED) is 0.430. The fourth-order valence-electron chi connectivity index (χ4n) is 1.36. The van der Waals surface area contributed by atoms with E-state index in [2.05, 4.69) is 4.74 Å². The summed E-state index contributed by atoms with van der Waals surface area (Å²) >= 11 is 0.760. The molecule has 0 spiro atoms. The van der Waals surface area contributed by atoms with Crippen molar-refractivity contribution < 1.29 is 34.7 Å². The predicted molar refractivity (Wildman–Crippen MR) is 53.8 cm³/mol. The monoisotopic (exact) mass is 254 g/mol. The van der Waals surface area contributed by atoms with E-state index in [-0.39, 0.29) is 0 Å². The first kappa shape index (κ1) is 13.7. The lowest BCUT2D eigenvalue weighted by Crippen LogP contribution is -2.59. The third kappa shape index (κ3) is 2.84. The third-order valence-electron chi connectivity index (χ3n) is 2.24. The van der Waals surface area contributed by atoms with Crippen LogP contribution in [0.15, 0.2) is 0 Å². The SMILES string of the molecule is CSC(=O)OC1C(O)OC(CO)C(O)C1O. The highest BCUT2D eigenvalue weighted by Crippen LogP contribution is 2.23. The summed E-state index contributed by atoms with van der Waals surface area (Å²) in [5, 5.41) is 36.5. The second-order valence-electron chi connectivity index (χ2n) is 3.27. The first-order valence-electron chi connectivity index (χ1n) is 4.56. The molecule has 1 saturated heterocycles. The van der Waals surface area contributed by atoms with Gasteiger partial charge in [0.1, 0.15) is 18.3 Å². The number of thioether (sulfide) groups is 1. The Labute approximate surface area is 96.0 Å². The molecule has 0 saturated carbocycles. The van der Waals surface area contributed by atoms with Gasteiger partial charge in [0.15, 0.2) is 12.4 Å². The van der Waals surface area contributed by atoms with Crippen molar-refractivity contribution in [1.82, 2.24) is 0 Å². The summed E-state index contributed by atoms with van der Waals surface area (Å²) in [5.74, 6) is 0. The zero-order valence-corrected chi connectivity index (χ0v) is 9.33. The van der Waals surface area contributed by atoms with Crippen LogP contribution in [-0.4, -0.2) is 69.3 Å². The van der Waals surface area contributed by atoms with Gasteiger partial charge in [-0.15, -0.1) is 0 Å². The molecule has 1 fully saturated rings. The highest BCUT2D eigenvalue weighted by molar-refractivity contribution is 8.12. The van der Waals surface area contributed by atoms with Crippen LogP contribution >= 0.6 is 11.8 Å². The summed E-state index contributed by atoms with van der Waals surface area (Å²) in [6.45, 7) is -0.557. The molecule has 0 aromatic rings. The van der Waals surface area contributed by atoms with E-state index in [1.54, 1.807) is 0 Å². The third-order valence-corrected chi connectivity index (χ3v) is 2.67. The number of carbonyl (C=O) groups is 1. The zero-order chi connectivity index (χ0) is 12.3. The number of aliphatic hydroxyl groups is 4. The van der Waals surface area contributed by atoms with Crippen LogP contribution in [0.25, 0.3) is 0 Å². The first-order chi connectivity index (χ1) is 7.51. The van der Waals surface area contributed by atoms with Crippen molar-refractivity contribution >= 4 is 17.1 Å². The Morgan fingerprint density at radius 2 is 2.00 bits per heavy atom. The number of aliphatic hydroxyl groups excluding tert-OH is 4. The minimum atomic E-state index is -1.58. The Balaban J connectivity index is 2.67. The lowest BCUT2D eigenvalue weighted by molar-refractivity contribution is -0.284. The van der Waals surface area contributed by atoms with Gasteiger partial charge in [-0.3, -0.25) is 0 Å². The van der Waals surface area contributed by atoms with E-state index >= 15 is 0 Å². The van der Waals surface area contributed by atoms with E-state index in [1.165, 1.54) is 6.26 Å². The van der Waals surface area contributed by atoms with Crippen LogP contribution in [0.1, 0.15) is 0 Å². The number of hydrogen-bond donors (Lipinski definition) is 4. The van der Waals surface area contributed by atoms with Crippen molar-refractivity contribution in [3.8, 4) is 0 Å². The van der Waals surface area contributed by atoms with E-state index in [9.17, 15) is 20.1 Å². The predicted octanol–water partition coefficient (Wildman–Crippen LogP) is -1.71. The Morgan fingerprint density at radius 1 is 1.38 bits per heavy atom. The van der Waals surface area contributed by atoms with Crippen molar-refractivity contribution in [2.45, 2.75) is 30.7 Å². The minimum absolute atomic E-state index is 0.557. The molecule has 8 heteroatoms. The standard InChI is InChI=1S/C8H14O7S/c1-16-8(13)15-6-5(11)4(10)3(2-9)14-7(6)12/h3-7,9-12H,2H2,1H3. The van der Waals surface area contributed by atoms with E-state index in [0.29, 0.717) is 0 Å². The molecule has 1 aliphatic heterocycles. The van der Waals surface area contributed by atoms with Gasteiger partial charge in [-0.2, -0.15) is 0 Å². The highest BCUT2D eigenvalue weighted by Gasteiger charge is 2.45. The molecule has 1 heterocycles. The molecule has 4 N–H and O–H groups in total. The van der Waals surface area contributed by atoms with E-state index < -0.39 is 42.6 Å². The molecule has 0 radical (unpaired) electrons. The zero-order valence-electron chi connectivity index (χ0n) is 8.52. The fraction of sp³-hybridized carbons (Fsp3) is 0.875. The number of carbonyl (C=O) groups excluding carboxylic acids is 1. The summed E-state index contributed by atoms with van der Waals surface area (Å²) in [6.07, 6.45) is -5.50. The molecular weight excluding hydrogens is 240 g/mol. The van der Waals surface area contributed by atoms with Crippen LogP contribution < -0.4 is 0 Å². The molecular formula is C8H14O7S. The molecule has 5 atom stereocenters. The highest BCUT2D eigenvalue weighted by atomic mass is 32.2. The maximum atomic E-state index is 11.0. The summed E-state index contributed by atoms with van der Waals surface area (Å²) in [4.78, 5) is 11.0. The van der Waals surface area contributed by atoms with Crippen LogP contribution in [0.4, 0.5) is 4.79 Å². The summed E-state index contributed by atoms with van der Waals surface area (Å²) in [6, 6.07) is 0. The van der Waals surface area contributed by atoms with Gasteiger partial charge in [-0.1, -0.05) is 0 Å². The fourth-order valence-corrected chi connectivity index (χ4v) is 1.57. The van der Waals surface area contributed by atoms with Gasteiger partial charge < -0.3 is 29.9 Å². The summed E-state index contributed by atoms with van der Waals surface area (Å²) in [7, 11) is 0. The van der Waals surface area contributed by atoms with Gasteiger partial charge in [0.05, 0.1) is 6.61 Å². The van der Waals surface area contributed by atoms with E-state index in [1.807, 2.05) is 0 Å². The number of ether oxygens (including phenoxy) is 2. The second-order valence-corrected chi connectivity index (χ2v) is 4.01. The molecule has 0 aromatic heterocycles. The maximum Gasteiger partial charge on any atom is 0.367 e. The molecule has 0 amide bonds. The van der Waals surface area contributed by atoms with Gasteiger partial charge in [-0.05, 0) is 18.0 Å². The average molecular weight is 254 g/mol. The summed E-state index contributed by atoms with van der Waals surface area (Å²) < 4.78 is 9.47. The molecule has 1 rings (SSSR count). The maximum absolute atomic E-state index is 11.0. The topological polar surface area (TPSA) is 116 Å². The van der Waals surface area contributed by atoms with Crippen molar-refractivity contribution in [2.75, 3.05) is 12.9 Å². The van der Waals surface area contributed by atoms with Gasteiger partial charge in [-0.25, -0.2) is 4.79 Å². The van der Waals surface area contributed by atoms with E-state index in [4.69, 9.17) is 9.84 Å². The Morgan fingerprint density at radius 3 is 2.50 bits per heavy atom. The number of hydrogen-bond acceptors (Lipinski definition) is 8. The van der Waals surface area contributed by atoms with Crippen LogP contribution in [0.2, 0.25) is 0 Å². The van der Waals surface area contributed by atoms with Crippen LogP contribution in [0, 0.1) is 0 Å². The lowest BCUT2D eigenvalue weighted by Gasteiger charge is -2.39. The Hall–Kier alpha value is -0.380. The second kappa shape index (κ2) is 5.80. The van der Waals surface area contributed by atoms with Crippen molar-refractivity contribution in [2.24, 2.45) is 0 Å². The molecule has 94 valence electrons. The average Bonchev–Trinajstić information content (AvgIpc) is 2.28. The van der Waals surface area contributed by atoms with Gasteiger partial charge in [0.25, 0.3) is 0 Å². The first-order valence-corrected chi connectivity index (χ1v) is 5.78. The normalized spacial score (nSPS) is 39.4. The van der Waals surface area contributed by atoms with Crippen LogP contribution in [-0.2, 0) is 9.47 Å². The van der Waals surface area contributed by atoms with Crippen LogP contribution in [0.3, 0.4) is 0 Å². The van der Waals surface area contributed by atoms with Crippen molar-refractivity contribution in [1.29, 1.82) is 0 Å². The molecule has 7 nitrogen and oxygen atoms in total. The Bertz CT molecular complexity index is 249. The van der Waals surface area contributed by atoms with Crippen molar-refractivity contribution in [3.05, 3.63) is 0 Å². The lowest BCUT2D eigenvalue weighted by atomic mass is 9.99. The van der Waals surface area contributed by atoms with Crippen LogP contribution in [0.5, 0.6) is 0 Å². The van der Waals surface area contributed by atoms with Gasteiger partial charge in [0, 0.05) is 0 Å². The van der Waals surface area contributed by atoms with Gasteiger partial charge >= 0.3 is 5.30 Å². The molecule has 16 heavy (non-hydrogen) atoms. The van der Waals surface area contributed by atoms with Gasteiger partial charge in [0.2, 0.25) is 0 Å².